The first kappa shape index (κ1) is 19.1. The molecule has 0 spiro atoms. The predicted molar refractivity (Wildman–Crippen MR) is 106 cm³/mol. The van der Waals surface area contributed by atoms with Crippen molar-refractivity contribution in [3.05, 3.63) is 63.7 Å². The molecule has 0 aliphatic heterocycles. The zero-order valence-electron chi connectivity index (χ0n) is 16.3. The third-order valence-corrected chi connectivity index (χ3v) is 5.15. The average molecular weight is 338 g/mol. The lowest BCUT2D eigenvalue weighted by molar-refractivity contribution is 0.466. The molecule has 2 aromatic carbocycles. The first-order chi connectivity index (χ1) is 11.8. The summed E-state index contributed by atoms with van der Waals surface area (Å²) in [6, 6.07) is 8.35. The van der Waals surface area contributed by atoms with Crippen molar-refractivity contribution in [2.75, 3.05) is 0 Å². The molecule has 0 fully saturated rings. The lowest BCUT2D eigenvalue weighted by Gasteiger charge is -2.20. The van der Waals surface area contributed by atoms with Crippen LogP contribution in [0, 0.1) is 27.7 Å². The molecule has 1 unspecified atom stereocenters. The Morgan fingerprint density at radius 1 is 0.880 bits per heavy atom. The van der Waals surface area contributed by atoms with Gasteiger partial charge in [-0.15, -0.1) is 0 Å². The van der Waals surface area contributed by atoms with Gasteiger partial charge in [0.15, 0.2) is 0 Å². The molecule has 0 aliphatic carbocycles. The van der Waals surface area contributed by atoms with Crippen molar-refractivity contribution in [1.29, 1.82) is 0 Å². The molecular formula is C23H30O2. The van der Waals surface area contributed by atoms with E-state index in [0.717, 1.165) is 35.1 Å². The summed E-state index contributed by atoms with van der Waals surface area (Å²) < 4.78 is 0. The van der Waals surface area contributed by atoms with Crippen LogP contribution in [0.5, 0.6) is 11.5 Å². The highest BCUT2D eigenvalue weighted by atomic mass is 16.3. The third kappa shape index (κ3) is 4.07. The molecule has 2 N–H and O–H groups in total. The molecule has 0 aliphatic rings. The van der Waals surface area contributed by atoms with E-state index in [1.807, 2.05) is 27.7 Å². The van der Waals surface area contributed by atoms with Gasteiger partial charge in [0, 0.05) is 0 Å². The van der Waals surface area contributed by atoms with Crippen molar-refractivity contribution in [1.82, 2.24) is 0 Å². The highest BCUT2D eigenvalue weighted by molar-refractivity contribution is 5.68. The maximum atomic E-state index is 10.0. The summed E-state index contributed by atoms with van der Waals surface area (Å²) in [6.07, 6.45) is 4.16. The molecule has 25 heavy (non-hydrogen) atoms. The SMILES string of the molecule is CC=C(CC(CC)c1cc(C)c(O)c(C)c1)c1cc(C)c(O)c(C)c1. The minimum Gasteiger partial charge on any atom is -0.507 e. The van der Waals surface area contributed by atoms with Gasteiger partial charge in [0.1, 0.15) is 11.5 Å². The molecule has 0 amide bonds. The number of rotatable bonds is 5. The average Bonchev–Trinajstić information content (AvgIpc) is 2.58. The van der Waals surface area contributed by atoms with E-state index in [1.165, 1.54) is 16.7 Å². The van der Waals surface area contributed by atoms with Crippen molar-refractivity contribution in [2.45, 2.75) is 60.3 Å². The second-order valence-electron chi connectivity index (χ2n) is 7.09. The Morgan fingerprint density at radius 2 is 1.32 bits per heavy atom. The molecule has 0 aromatic heterocycles. The van der Waals surface area contributed by atoms with E-state index in [9.17, 15) is 10.2 Å². The summed E-state index contributed by atoms with van der Waals surface area (Å²) in [5.41, 5.74) is 7.46. The molecule has 134 valence electrons. The number of phenolic OH excluding ortho intramolecular Hbond substituents is 2. The molecule has 2 nitrogen and oxygen atoms in total. The van der Waals surface area contributed by atoms with Crippen molar-refractivity contribution in [3.8, 4) is 11.5 Å². The molecule has 2 aromatic rings. The lowest BCUT2D eigenvalue weighted by atomic mass is 9.85. The number of aryl methyl sites for hydroxylation is 4. The molecule has 0 saturated carbocycles. The van der Waals surface area contributed by atoms with Crippen LogP contribution in [0.25, 0.3) is 5.57 Å². The van der Waals surface area contributed by atoms with Crippen LogP contribution in [-0.2, 0) is 0 Å². The second kappa shape index (κ2) is 7.77. The van der Waals surface area contributed by atoms with Gasteiger partial charge in [-0.1, -0.05) is 25.1 Å². The zero-order chi connectivity index (χ0) is 18.7. The van der Waals surface area contributed by atoms with Gasteiger partial charge in [0.05, 0.1) is 0 Å². The number of allylic oxidation sites excluding steroid dienone is 2. The van der Waals surface area contributed by atoms with Gasteiger partial charge in [-0.2, -0.15) is 0 Å². The van der Waals surface area contributed by atoms with Crippen LogP contribution in [0.4, 0.5) is 0 Å². The Morgan fingerprint density at radius 3 is 1.72 bits per heavy atom. The van der Waals surface area contributed by atoms with E-state index in [1.54, 1.807) is 0 Å². The largest absolute Gasteiger partial charge is 0.507 e. The van der Waals surface area contributed by atoms with E-state index >= 15 is 0 Å². The molecule has 2 heteroatoms. The lowest BCUT2D eigenvalue weighted by Crippen LogP contribution is -2.01. The fourth-order valence-electron chi connectivity index (χ4n) is 3.53. The maximum absolute atomic E-state index is 10.0. The fourth-order valence-corrected chi connectivity index (χ4v) is 3.53. The molecule has 0 heterocycles. The molecular weight excluding hydrogens is 308 g/mol. The molecule has 0 saturated heterocycles. The van der Waals surface area contributed by atoms with Gasteiger partial charge in [0.2, 0.25) is 0 Å². The predicted octanol–water partition coefficient (Wildman–Crippen LogP) is 6.32. The second-order valence-corrected chi connectivity index (χ2v) is 7.09. The van der Waals surface area contributed by atoms with E-state index < -0.39 is 0 Å². The van der Waals surface area contributed by atoms with Crippen LogP contribution in [-0.4, -0.2) is 10.2 Å². The van der Waals surface area contributed by atoms with Gasteiger partial charge in [-0.25, -0.2) is 0 Å². The van der Waals surface area contributed by atoms with Crippen LogP contribution >= 0.6 is 0 Å². The zero-order valence-corrected chi connectivity index (χ0v) is 16.3. The molecule has 2 rings (SSSR count). The van der Waals surface area contributed by atoms with Gasteiger partial charge in [-0.05, 0) is 104 Å². The van der Waals surface area contributed by atoms with E-state index in [-0.39, 0.29) is 0 Å². The number of phenols is 2. The molecule has 0 bridgehead atoms. The van der Waals surface area contributed by atoms with Crippen LogP contribution in [0.2, 0.25) is 0 Å². The van der Waals surface area contributed by atoms with E-state index in [0.29, 0.717) is 17.4 Å². The Labute approximate surface area is 151 Å². The summed E-state index contributed by atoms with van der Waals surface area (Å²) in [5, 5.41) is 20.1. The van der Waals surface area contributed by atoms with Crippen LogP contribution in [0.15, 0.2) is 30.3 Å². The van der Waals surface area contributed by atoms with Crippen molar-refractivity contribution >= 4 is 5.57 Å². The first-order valence-electron chi connectivity index (χ1n) is 9.04. The number of hydrogen-bond acceptors (Lipinski definition) is 2. The highest BCUT2D eigenvalue weighted by Crippen LogP contribution is 2.36. The smallest absolute Gasteiger partial charge is 0.121 e. The van der Waals surface area contributed by atoms with Gasteiger partial charge < -0.3 is 10.2 Å². The molecule has 0 radical (unpaired) electrons. The maximum Gasteiger partial charge on any atom is 0.121 e. The Bertz CT molecular complexity index is 754. The monoisotopic (exact) mass is 338 g/mol. The minimum atomic E-state index is 0.385. The summed E-state index contributed by atoms with van der Waals surface area (Å²) in [5.74, 6) is 1.18. The standard InChI is InChI=1S/C23H30O2/c1-7-18(20-9-14(3)22(24)15(4)10-20)13-19(8-2)21-11-16(5)23(25)17(6)12-21/h7,9-12,19,24-25H,8,13H2,1-6H3. The highest BCUT2D eigenvalue weighted by Gasteiger charge is 2.16. The van der Waals surface area contributed by atoms with Crippen molar-refractivity contribution in [3.63, 3.8) is 0 Å². The van der Waals surface area contributed by atoms with Crippen LogP contribution in [0.1, 0.15) is 66.0 Å². The quantitative estimate of drug-likeness (QED) is 0.670. The van der Waals surface area contributed by atoms with Gasteiger partial charge in [0.25, 0.3) is 0 Å². The number of aromatic hydroxyl groups is 2. The Kier molecular flexibility index (Phi) is 5.94. The summed E-state index contributed by atoms with van der Waals surface area (Å²) >= 11 is 0. The number of benzene rings is 2. The van der Waals surface area contributed by atoms with E-state index in [4.69, 9.17) is 0 Å². The van der Waals surface area contributed by atoms with Crippen molar-refractivity contribution < 1.29 is 10.2 Å². The Balaban J connectivity index is 2.37. The molecule has 1 atom stereocenters. The third-order valence-electron chi connectivity index (χ3n) is 5.15. The van der Waals surface area contributed by atoms with Crippen LogP contribution < -0.4 is 0 Å². The number of hydrogen-bond donors (Lipinski definition) is 2. The summed E-state index contributed by atoms with van der Waals surface area (Å²) in [4.78, 5) is 0. The van der Waals surface area contributed by atoms with E-state index in [2.05, 4.69) is 44.2 Å². The van der Waals surface area contributed by atoms with Crippen molar-refractivity contribution in [2.24, 2.45) is 0 Å². The summed E-state index contributed by atoms with van der Waals surface area (Å²) in [6.45, 7) is 12.1. The van der Waals surface area contributed by atoms with Gasteiger partial charge >= 0.3 is 0 Å². The first-order valence-corrected chi connectivity index (χ1v) is 9.04. The minimum absolute atomic E-state index is 0.385. The Hall–Kier alpha value is -2.22. The normalized spacial score (nSPS) is 13.1. The van der Waals surface area contributed by atoms with Crippen LogP contribution in [0.3, 0.4) is 0 Å². The van der Waals surface area contributed by atoms with Gasteiger partial charge in [-0.3, -0.25) is 0 Å². The fraction of sp³-hybridized carbons (Fsp3) is 0.391. The summed E-state index contributed by atoms with van der Waals surface area (Å²) in [7, 11) is 0. The topological polar surface area (TPSA) is 40.5 Å².